The van der Waals surface area contributed by atoms with E-state index >= 15 is 0 Å². The van der Waals surface area contributed by atoms with E-state index in [1.165, 1.54) is 0 Å². The zero-order chi connectivity index (χ0) is 17.2. The Morgan fingerprint density at radius 2 is 1.32 bits per heavy atom. The third-order valence-corrected chi connectivity index (χ3v) is 3.05. The van der Waals surface area contributed by atoms with Crippen LogP contribution in [0.4, 0.5) is 0 Å². The van der Waals surface area contributed by atoms with Gasteiger partial charge in [-0.3, -0.25) is 0 Å². The van der Waals surface area contributed by atoms with Gasteiger partial charge in [0.25, 0.3) is 0 Å². The highest BCUT2D eigenvalue weighted by molar-refractivity contribution is 7.43. The summed E-state index contributed by atoms with van der Waals surface area (Å²) in [5.41, 5.74) is 0. The predicted octanol–water partition coefficient (Wildman–Crippen LogP) is -0.873. The molecule has 22 heavy (non-hydrogen) atoms. The SMILES string of the molecule is CC[n+]1ccn(C)c1.CC[n+]1ccn(C)c1.COP(=O)([O-])[O-]. The van der Waals surface area contributed by atoms with Gasteiger partial charge in [0.15, 0.2) is 0 Å². The molecule has 0 fully saturated rings. The lowest BCUT2D eigenvalue weighted by atomic mass is 10.7. The van der Waals surface area contributed by atoms with Gasteiger partial charge >= 0.3 is 0 Å². The first-order valence-electron chi connectivity index (χ1n) is 6.81. The molecular formula is C13H25N4O4P. The normalized spacial score (nSPS) is 10.3. The second-order valence-electron chi connectivity index (χ2n) is 4.45. The van der Waals surface area contributed by atoms with Crippen LogP contribution in [0.3, 0.4) is 0 Å². The lowest BCUT2D eigenvalue weighted by molar-refractivity contribution is -0.693. The maximum Gasteiger partial charge on any atom is 0.243 e. The summed E-state index contributed by atoms with van der Waals surface area (Å²) in [5.74, 6) is 0. The fourth-order valence-corrected chi connectivity index (χ4v) is 1.38. The van der Waals surface area contributed by atoms with Gasteiger partial charge < -0.3 is 18.9 Å². The van der Waals surface area contributed by atoms with Crippen LogP contribution in [0.2, 0.25) is 0 Å². The summed E-state index contributed by atoms with van der Waals surface area (Å²) in [6.07, 6.45) is 12.3. The Morgan fingerprint density at radius 1 is 1.00 bits per heavy atom. The monoisotopic (exact) mass is 332 g/mol. The van der Waals surface area contributed by atoms with Gasteiger partial charge in [-0.2, -0.15) is 0 Å². The number of hydrogen-bond donors (Lipinski definition) is 0. The Labute approximate surface area is 131 Å². The molecule has 0 aliphatic heterocycles. The molecule has 126 valence electrons. The van der Waals surface area contributed by atoms with E-state index in [0.717, 1.165) is 20.2 Å². The third kappa shape index (κ3) is 10.3. The molecule has 8 nitrogen and oxygen atoms in total. The number of hydrogen-bond acceptors (Lipinski definition) is 4. The standard InChI is InChI=1S/2C6H11N2.CH5O4P/c2*1-3-8-5-4-7(2)6-8;1-5-6(2,3)4/h2*4-6H,3H2,1-2H3;1H3,(H2,2,3,4)/q2*+1;/p-2. The topological polar surface area (TPSA) is 90.0 Å². The maximum atomic E-state index is 9.25. The minimum Gasteiger partial charge on any atom is -0.790 e. The quantitative estimate of drug-likeness (QED) is 0.540. The van der Waals surface area contributed by atoms with Crippen molar-refractivity contribution >= 4 is 7.82 Å². The van der Waals surface area contributed by atoms with Crippen molar-refractivity contribution in [3.8, 4) is 0 Å². The summed E-state index contributed by atoms with van der Waals surface area (Å²) in [7, 11) is 0.214. The number of imidazole rings is 2. The van der Waals surface area contributed by atoms with Gasteiger partial charge in [0, 0.05) is 7.11 Å². The van der Waals surface area contributed by atoms with Gasteiger partial charge in [0.1, 0.15) is 24.8 Å². The fourth-order valence-electron chi connectivity index (χ4n) is 1.38. The minimum absolute atomic E-state index is 0.820. The van der Waals surface area contributed by atoms with E-state index in [1.54, 1.807) is 0 Å². The Morgan fingerprint density at radius 3 is 1.41 bits per heavy atom. The Balaban J connectivity index is 0.000000306. The van der Waals surface area contributed by atoms with Gasteiger partial charge in [0.05, 0.1) is 35.0 Å². The zero-order valence-corrected chi connectivity index (χ0v) is 14.6. The van der Waals surface area contributed by atoms with Crippen LogP contribution >= 0.6 is 7.82 Å². The molecule has 9 heteroatoms. The highest BCUT2D eigenvalue weighted by Gasteiger charge is 1.93. The van der Waals surface area contributed by atoms with Crippen LogP contribution in [0.1, 0.15) is 13.8 Å². The first-order chi connectivity index (χ1) is 10.2. The van der Waals surface area contributed by atoms with Crippen LogP contribution in [-0.2, 0) is 36.3 Å². The molecule has 2 aromatic rings. The molecule has 0 radical (unpaired) electrons. The van der Waals surface area contributed by atoms with Crippen LogP contribution in [0, 0.1) is 0 Å². The second-order valence-corrected chi connectivity index (χ2v) is 5.71. The largest absolute Gasteiger partial charge is 0.790 e. The van der Waals surface area contributed by atoms with Crippen LogP contribution in [0.15, 0.2) is 37.4 Å². The third-order valence-electron chi connectivity index (χ3n) is 2.60. The van der Waals surface area contributed by atoms with E-state index in [2.05, 4.69) is 52.6 Å². The zero-order valence-electron chi connectivity index (χ0n) is 13.7. The Bertz CT molecular complexity index is 536. The minimum atomic E-state index is -4.65. The van der Waals surface area contributed by atoms with Crippen molar-refractivity contribution in [1.29, 1.82) is 0 Å². The molecule has 0 unspecified atom stereocenters. The number of phosphoric acid groups is 1. The van der Waals surface area contributed by atoms with Gasteiger partial charge in [-0.25, -0.2) is 18.3 Å². The average molecular weight is 332 g/mol. The lowest BCUT2D eigenvalue weighted by Gasteiger charge is -2.25. The van der Waals surface area contributed by atoms with Crippen molar-refractivity contribution in [2.24, 2.45) is 14.1 Å². The van der Waals surface area contributed by atoms with E-state index < -0.39 is 7.82 Å². The summed E-state index contributed by atoms with van der Waals surface area (Å²) in [5, 5.41) is 0. The van der Waals surface area contributed by atoms with E-state index in [4.69, 9.17) is 0 Å². The van der Waals surface area contributed by atoms with Crippen molar-refractivity contribution in [1.82, 2.24) is 9.13 Å². The first kappa shape index (κ1) is 20.5. The number of rotatable bonds is 3. The van der Waals surface area contributed by atoms with Crippen molar-refractivity contribution < 1.29 is 28.0 Å². The van der Waals surface area contributed by atoms with E-state index in [0.29, 0.717) is 0 Å². The molecule has 0 aliphatic carbocycles. The number of phosphoric ester groups is 1. The molecule has 0 bridgehead atoms. The van der Waals surface area contributed by atoms with Gasteiger partial charge in [-0.1, -0.05) is 0 Å². The van der Waals surface area contributed by atoms with Crippen molar-refractivity contribution in [3.05, 3.63) is 37.4 Å². The molecule has 0 aliphatic rings. The van der Waals surface area contributed by atoms with Gasteiger partial charge in [-0.05, 0) is 13.8 Å². The molecule has 0 saturated heterocycles. The summed E-state index contributed by atoms with van der Waals surface area (Å²) in [6, 6.07) is 0. The number of aryl methyl sites for hydroxylation is 4. The molecule has 0 aromatic carbocycles. The number of aromatic nitrogens is 4. The molecule has 0 N–H and O–H groups in total. The van der Waals surface area contributed by atoms with Gasteiger partial charge in [-0.15, -0.1) is 0 Å². The molecular weight excluding hydrogens is 307 g/mol. The van der Waals surface area contributed by atoms with Crippen molar-refractivity contribution in [2.75, 3.05) is 7.11 Å². The highest BCUT2D eigenvalue weighted by Crippen LogP contribution is 2.21. The molecule has 0 amide bonds. The first-order valence-corrected chi connectivity index (χ1v) is 8.27. The Kier molecular flexibility index (Phi) is 9.60. The summed E-state index contributed by atoms with van der Waals surface area (Å²) >= 11 is 0. The average Bonchev–Trinajstić information content (AvgIpc) is 3.07. The second kappa shape index (κ2) is 10.3. The molecule has 0 atom stereocenters. The van der Waals surface area contributed by atoms with E-state index in [1.807, 2.05) is 35.6 Å². The molecule has 2 rings (SSSR count). The van der Waals surface area contributed by atoms with Crippen LogP contribution in [0.5, 0.6) is 0 Å². The lowest BCUT2D eigenvalue weighted by Crippen LogP contribution is -2.28. The van der Waals surface area contributed by atoms with Crippen LogP contribution in [-0.4, -0.2) is 16.2 Å². The molecule has 0 saturated carbocycles. The van der Waals surface area contributed by atoms with E-state index in [9.17, 15) is 14.4 Å². The summed E-state index contributed by atoms with van der Waals surface area (Å²) in [6.45, 7) is 6.36. The number of nitrogens with zero attached hydrogens (tertiary/aromatic N) is 4. The molecule has 2 aromatic heterocycles. The summed E-state index contributed by atoms with van der Waals surface area (Å²) < 4.78 is 20.9. The summed E-state index contributed by atoms with van der Waals surface area (Å²) in [4.78, 5) is 18.5. The van der Waals surface area contributed by atoms with Crippen molar-refractivity contribution in [3.63, 3.8) is 0 Å². The van der Waals surface area contributed by atoms with Crippen molar-refractivity contribution in [2.45, 2.75) is 26.9 Å². The maximum absolute atomic E-state index is 9.25. The van der Waals surface area contributed by atoms with E-state index in [-0.39, 0.29) is 0 Å². The van der Waals surface area contributed by atoms with Gasteiger partial charge in [0.2, 0.25) is 12.7 Å². The Hall–Kier alpha value is -1.47. The van der Waals surface area contributed by atoms with Crippen LogP contribution in [0.25, 0.3) is 0 Å². The smallest absolute Gasteiger partial charge is 0.243 e. The predicted molar refractivity (Wildman–Crippen MR) is 77.2 cm³/mol. The molecule has 2 heterocycles. The van der Waals surface area contributed by atoms with Crippen LogP contribution < -0.4 is 18.9 Å². The molecule has 0 spiro atoms. The highest BCUT2D eigenvalue weighted by atomic mass is 31.2. The fraction of sp³-hybridized carbons (Fsp3) is 0.538.